The SMILES string of the molecule is CC(=O)OC(CN1CC[C@]23c4c5cccc4O[C@H]2[C@H](N(CC(C)C)C(=O)Cc2ccc(Cl)c(Cl)c2)CC[C@H]3[C@H]1C5)c1ccccc1. The summed E-state index contributed by atoms with van der Waals surface area (Å²) in [7, 11) is 0. The lowest BCUT2D eigenvalue weighted by atomic mass is 9.51. The van der Waals surface area contributed by atoms with Gasteiger partial charge in [-0.15, -0.1) is 0 Å². The van der Waals surface area contributed by atoms with Gasteiger partial charge in [-0.1, -0.05) is 85.6 Å². The van der Waals surface area contributed by atoms with Crippen LogP contribution in [0.25, 0.3) is 0 Å². The van der Waals surface area contributed by atoms with Gasteiger partial charge in [0.1, 0.15) is 18.0 Å². The van der Waals surface area contributed by atoms with Crippen LogP contribution in [0, 0.1) is 11.8 Å². The molecule has 1 saturated carbocycles. The molecule has 2 heterocycles. The van der Waals surface area contributed by atoms with Gasteiger partial charge in [0.2, 0.25) is 5.91 Å². The molecular formula is C38H42Cl2N2O4. The highest BCUT2D eigenvalue weighted by Gasteiger charge is 2.66. The van der Waals surface area contributed by atoms with Gasteiger partial charge >= 0.3 is 5.97 Å². The first-order valence-corrected chi connectivity index (χ1v) is 17.4. The van der Waals surface area contributed by atoms with E-state index in [4.69, 9.17) is 32.7 Å². The number of hydrogen-bond donors (Lipinski definition) is 0. The predicted molar refractivity (Wildman–Crippen MR) is 180 cm³/mol. The van der Waals surface area contributed by atoms with Crippen LogP contribution in [0.4, 0.5) is 0 Å². The third-order valence-electron chi connectivity index (χ3n) is 10.8. The van der Waals surface area contributed by atoms with Crippen molar-refractivity contribution in [2.45, 2.75) is 82.6 Å². The fourth-order valence-electron chi connectivity index (χ4n) is 9.15. The molecule has 0 N–H and O–H groups in total. The van der Waals surface area contributed by atoms with Crippen molar-refractivity contribution in [2.24, 2.45) is 11.8 Å². The molecule has 2 aliphatic heterocycles. The first-order chi connectivity index (χ1) is 22.2. The van der Waals surface area contributed by atoms with Gasteiger partial charge in [-0.05, 0) is 79.0 Å². The number of piperidine rings is 1. The standard InChI is InChI=1S/C38H42Cl2N2O4/c1-23(2)21-42(35(44)19-25-12-14-29(39)30(40)18-25)31-15-13-28-32-20-27-10-7-11-33-36(27)38(28,37(31)46-33)16-17-41(32)22-34(45-24(3)43)26-8-5-4-6-9-26/h4-12,14,18,23,28,31-32,34,37H,13,15-17,19-22H2,1-3H3/t28-,31+,32+,34?,37-,38-/m0/s1. The first kappa shape index (κ1) is 31.5. The largest absolute Gasteiger partial charge is 0.487 e. The predicted octanol–water partition coefficient (Wildman–Crippen LogP) is 7.43. The number of likely N-dealkylation sites (tertiary alicyclic amines) is 1. The molecule has 8 heteroatoms. The maximum atomic E-state index is 14.2. The number of rotatable bonds is 9. The molecule has 7 rings (SSSR count). The van der Waals surface area contributed by atoms with Crippen molar-refractivity contribution in [1.82, 2.24) is 9.80 Å². The Morgan fingerprint density at radius 1 is 1.04 bits per heavy atom. The monoisotopic (exact) mass is 660 g/mol. The van der Waals surface area contributed by atoms with Crippen LogP contribution in [0.2, 0.25) is 10.0 Å². The zero-order valence-corrected chi connectivity index (χ0v) is 28.3. The van der Waals surface area contributed by atoms with Gasteiger partial charge in [-0.25, -0.2) is 0 Å². The average molecular weight is 662 g/mol. The summed E-state index contributed by atoms with van der Waals surface area (Å²) in [5.41, 5.74) is 4.47. The Morgan fingerprint density at radius 3 is 2.59 bits per heavy atom. The Balaban J connectivity index is 1.21. The van der Waals surface area contributed by atoms with Gasteiger partial charge in [-0.3, -0.25) is 14.5 Å². The molecule has 1 saturated heterocycles. The lowest BCUT2D eigenvalue weighted by Gasteiger charge is -2.60. The van der Waals surface area contributed by atoms with Crippen LogP contribution in [0.5, 0.6) is 5.75 Å². The van der Waals surface area contributed by atoms with Crippen LogP contribution in [-0.4, -0.2) is 59.5 Å². The minimum absolute atomic E-state index is 0.0300. The van der Waals surface area contributed by atoms with Crippen molar-refractivity contribution in [3.63, 3.8) is 0 Å². The second-order valence-corrected chi connectivity index (χ2v) is 14.8. The third kappa shape index (κ3) is 5.50. The summed E-state index contributed by atoms with van der Waals surface area (Å²) < 4.78 is 12.9. The van der Waals surface area contributed by atoms with E-state index < -0.39 is 0 Å². The van der Waals surface area contributed by atoms with Crippen molar-refractivity contribution >= 4 is 35.1 Å². The molecule has 2 fully saturated rings. The Hall–Kier alpha value is -3.06. The van der Waals surface area contributed by atoms with Gasteiger partial charge in [0.15, 0.2) is 0 Å². The van der Waals surface area contributed by atoms with Gasteiger partial charge < -0.3 is 14.4 Å². The van der Waals surface area contributed by atoms with Crippen LogP contribution in [0.1, 0.15) is 68.4 Å². The van der Waals surface area contributed by atoms with Crippen LogP contribution < -0.4 is 4.74 Å². The summed E-state index contributed by atoms with van der Waals surface area (Å²) in [6.07, 6.45) is 3.63. The average Bonchev–Trinajstić information content (AvgIpc) is 3.37. The summed E-state index contributed by atoms with van der Waals surface area (Å²) in [5.74, 6) is 1.53. The van der Waals surface area contributed by atoms with Gasteiger partial charge in [0.25, 0.3) is 0 Å². The minimum Gasteiger partial charge on any atom is -0.487 e. The molecule has 6 atom stereocenters. The molecule has 1 spiro atoms. The van der Waals surface area contributed by atoms with Gasteiger partial charge in [0.05, 0.1) is 22.5 Å². The van der Waals surface area contributed by atoms with E-state index in [0.717, 1.165) is 49.1 Å². The second-order valence-electron chi connectivity index (χ2n) is 14.0. The molecule has 4 aliphatic rings. The van der Waals surface area contributed by atoms with E-state index >= 15 is 0 Å². The van der Waals surface area contributed by atoms with E-state index in [-0.39, 0.29) is 42.0 Å². The number of nitrogens with zero attached hydrogens (tertiary/aromatic N) is 2. The number of benzene rings is 3. The Kier molecular flexibility index (Phi) is 8.58. The molecule has 1 unspecified atom stereocenters. The number of ether oxygens (including phenoxy) is 2. The molecular weight excluding hydrogens is 619 g/mol. The van der Waals surface area contributed by atoms with Crippen LogP contribution in [0.15, 0.2) is 66.7 Å². The summed E-state index contributed by atoms with van der Waals surface area (Å²) in [6.45, 7) is 8.05. The quantitative estimate of drug-likeness (QED) is 0.223. The van der Waals surface area contributed by atoms with Gasteiger partial charge in [0, 0.05) is 37.0 Å². The van der Waals surface area contributed by atoms with Crippen molar-refractivity contribution < 1.29 is 19.1 Å². The Morgan fingerprint density at radius 2 is 1.85 bits per heavy atom. The van der Waals surface area contributed by atoms with Crippen LogP contribution in [-0.2, 0) is 32.6 Å². The fraction of sp³-hybridized carbons (Fsp3) is 0.474. The summed E-state index contributed by atoms with van der Waals surface area (Å²) in [5, 5.41) is 0.954. The molecule has 1 amide bonds. The normalized spacial score (nSPS) is 26.7. The second kappa shape index (κ2) is 12.5. The van der Waals surface area contributed by atoms with E-state index in [2.05, 4.69) is 41.8 Å². The van der Waals surface area contributed by atoms with Crippen molar-refractivity contribution in [1.29, 1.82) is 0 Å². The van der Waals surface area contributed by atoms with Gasteiger partial charge in [-0.2, -0.15) is 0 Å². The lowest BCUT2D eigenvalue weighted by Crippen LogP contribution is -2.69. The van der Waals surface area contributed by atoms with E-state index in [1.807, 2.05) is 36.4 Å². The van der Waals surface area contributed by atoms with E-state index in [0.29, 0.717) is 41.0 Å². The number of halogens is 2. The molecule has 0 aromatic heterocycles. The molecule has 2 bridgehead atoms. The number of amides is 1. The number of esters is 1. The molecule has 242 valence electrons. The number of hydrogen-bond acceptors (Lipinski definition) is 5. The zero-order chi connectivity index (χ0) is 32.2. The molecule has 46 heavy (non-hydrogen) atoms. The summed E-state index contributed by atoms with van der Waals surface area (Å²) >= 11 is 12.5. The summed E-state index contributed by atoms with van der Waals surface area (Å²) in [4.78, 5) is 31.1. The smallest absolute Gasteiger partial charge is 0.303 e. The maximum absolute atomic E-state index is 14.2. The van der Waals surface area contributed by atoms with E-state index in [9.17, 15) is 9.59 Å². The number of carbonyl (C=O) groups excluding carboxylic acids is 2. The van der Waals surface area contributed by atoms with Crippen LogP contribution in [0.3, 0.4) is 0 Å². The lowest BCUT2D eigenvalue weighted by molar-refractivity contribution is -0.152. The fourth-order valence-corrected chi connectivity index (χ4v) is 9.47. The molecule has 2 aliphatic carbocycles. The Bertz CT molecular complexity index is 1630. The highest BCUT2D eigenvalue weighted by atomic mass is 35.5. The van der Waals surface area contributed by atoms with Crippen molar-refractivity contribution in [3.05, 3.63) is 99.0 Å². The third-order valence-corrected chi connectivity index (χ3v) is 11.5. The summed E-state index contributed by atoms with van der Waals surface area (Å²) in [6, 6.07) is 22.3. The maximum Gasteiger partial charge on any atom is 0.303 e. The topological polar surface area (TPSA) is 59.1 Å². The first-order valence-electron chi connectivity index (χ1n) is 16.6. The molecule has 3 aromatic carbocycles. The van der Waals surface area contributed by atoms with Crippen LogP contribution >= 0.6 is 23.2 Å². The Labute approximate surface area is 281 Å². The zero-order valence-electron chi connectivity index (χ0n) is 26.8. The van der Waals surface area contributed by atoms with Crippen molar-refractivity contribution in [2.75, 3.05) is 19.6 Å². The molecule has 6 nitrogen and oxygen atoms in total. The molecule has 0 radical (unpaired) electrons. The highest BCUT2D eigenvalue weighted by molar-refractivity contribution is 6.42. The van der Waals surface area contributed by atoms with E-state index in [1.54, 1.807) is 12.1 Å². The van der Waals surface area contributed by atoms with Crippen molar-refractivity contribution in [3.8, 4) is 5.75 Å². The highest BCUT2D eigenvalue weighted by Crippen LogP contribution is 2.62. The minimum atomic E-state index is -0.326. The molecule has 3 aromatic rings. The number of carbonyl (C=O) groups is 2. The van der Waals surface area contributed by atoms with E-state index in [1.165, 1.54) is 18.1 Å².